The maximum absolute atomic E-state index is 12.4. The van der Waals surface area contributed by atoms with E-state index in [-0.39, 0.29) is 5.78 Å². The van der Waals surface area contributed by atoms with E-state index in [0.717, 1.165) is 43.4 Å². The van der Waals surface area contributed by atoms with Crippen molar-refractivity contribution in [3.63, 3.8) is 0 Å². The number of benzene rings is 1. The molecule has 0 aromatic heterocycles. The maximum atomic E-state index is 12.4. The topological polar surface area (TPSA) is 35.5 Å². The summed E-state index contributed by atoms with van der Waals surface area (Å²) < 4.78 is 11.1. The van der Waals surface area contributed by atoms with Gasteiger partial charge in [0, 0.05) is 12.7 Å². The predicted molar refractivity (Wildman–Crippen MR) is 68.0 cm³/mol. The molecule has 0 unspecified atom stereocenters. The molecule has 0 spiro atoms. The van der Waals surface area contributed by atoms with E-state index in [4.69, 9.17) is 9.47 Å². The SMILES string of the molecule is COC1(C(=O)c2ccc(OC3CC3)cc2)CCC1. The van der Waals surface area contributed by atoms with Gasteiger partial charge < -0.3 is 9.47 Å². The van der Waals surface area contributed by atoms with Gasteiger partial charge in [-0.3, -0.25) is 4.79 Å². The van der Waals surface area contributed by atoms with E-state index in [2.05, 4.69) is 0 Å². The van der Waals surface area contributed by atoms with Gasteiger partial charge in [0.05, 0.1) is 6.10 Å². The normalized spacial score (nSPS) is 21.2. The summed E-state index contributed by atoms with van der Waals surface area (Å²) in [6, 6.07) is 7.46. The Morgan fingerprint density at radius 1 is 1.22 bits per heavy atom. The van der Waals surface area contributed by atoms with E-state index < -0.39 is 5.60 Å². The fourth-order valence-corrected chi connectivity index (χ4v) is 2.35. The lowest BCUT2D eigenvalue weighted by molar-refractivity contribution is -0.0448. The highest BCUT2D eigenvalue weighted by atomic mass is 16.5. The second kappa shape index (κ2) is 4.39. The summed E-state index contributed by atoms with van der Waals surface area (Å²) in [5, 5.41) is 0. The monoisotopic (exact) mass is 246 g/mol. The lowest BCUT2D eigenvalue weighted by Gasteiger charge is -2.38. The third kappa shape index (κ3) is 2.03. The lowest BCUT2D eigenvalue weighted by atomic mass is 9.75. The van der Waals surface area contributed by atoms with Crippen molar-refractivity contribution in [1.29, 1.82) is 0 Å². The van der Waals surface area contributed by atoms with E-state index in [1.165, 1.54) is 0 Å². The first-order valence-electron chi connectivity index (χ1n) is 6.60. The van der Waals surface area contributed by atoms with Gasteiger partial charge in [-0.25, -0.2) is 0 Å². The zero-order valence-corrected chi connectivity index (χ0v) is 10.6. The number of carbonyl (C=O) groups excluding carboxylic acids is 1. The molecule has 0 bridgehead atoms. The molecule has 0 radical (unpaired) electrons. The van der Waals surface area contributed by atoms with Crippen LogP contribution in [0.1, 0.15) is 42.5 Å². The second-order valence-electron chi connectivity index (χ2n) is 5.22. The van der Waals surface area contributed by atoms with E-state index in [1.807, 2.05) is 24.3 Å². The molecule has 3 nitrogen and oxygen atoms in total. The average Bonchev–Trinajstić information content (AvgIpc) is 3.13. The van der Waals surface area contributed by atoms with Crippen LogP contribution in [0.5, 0.6) is 5.75 Å². The highest BCUT2D eigenvalue weighted by molar-refractivity contribution is 6.03. The highest BCUT2D eigenvalue weighted by Crippen LogP contribution is 2.38. The number of rotatable bonds is 5. The van der Waals surface area contributed by atoms with Gasteiger partial charge >= 0.3 is 0 Å². The molecule has 0 amide bonds. The molecular formula is C15H18O3. The van der Waals surface area contributed by atoms with Crippen LogP contribution in [0.4, 0.5) is 0 Å². The van der Waals surface area contributed by atoms with Crippen LogP contribution >= 0.6 is 0 Å². The largest absolute Gasteiger partial charge is 0.490 e. The molecule has 1 aromatic rings. The number of carbonyl (C=O) groups is 1. The zero-order valence-electron chi connectivity index (χ0n) is 10.6. The van der Waals surface area contributed by atoms with Crippen molar-refractivity contribution in [3.8, 4) is 5.75 Å². The van der Waals surface area contributed by atoms with Crippen LogP contribution in [0.2, 0.25) is 0 Å². The van der Waals surface area contributed by atoms with Crippen molar-refractivity contribution in [1.82, 2.24) is 0 Å². The van der Waals surface area contributed by atoms with Gasteiger partial charge in [0.25, 0.3) is 0 Å². The molecule has 2 aliphatic carbocycles. The van der Waals surface area contributed by atoms with Crippen molar-refractivity contribution in [2.45, 2.75) is 43.8 Å². The summed E-state index contributed by atoms with van der Waals surface area (Å²) >= 11 is 0. The van der Waals surface area contributed by atoms with Crippen LogP contribution in [0.25, 0.3) is 0 Å². The molecule has 2 saturated carbocycles. The smallest absolute Gasteiger partial charge is 0.194 e. The van der Waals surface area contributed by atoms with Gasteiger partial charge in [0.1, 0.15) is 11.4 Å². The molecule has 0 atom stereocenters. The fraction of sp³-hybridized carbons (Fsp3) is 0.533. The minimum absolute atomic E-state index is 0.106. The minimum Gasteiger partial charge on any atom is -0.490 e. The first-order chi connectivity index (χ1) is 8.73. The van der Waals surface area contributed by atoms with Gasteiger partial charge in [-0.2, -0.15) is 0 Å². The molecule has 0 N–H and O–H groups in total. The first kappa shape index (κ1) is 11.7. The molecule has 2 aliphatic rings. The molecule has 1 aromatic carbocycles. The summed E-state index contributed by atoms with van der Waals surface area (Å²) in [6.45, 7) is 0. The second-order valence-corrected chi connectivity index (χ2v) is 5.22. The quantitative estimate of drug-likeness (QED) is 0.749. The standard InChI is InChI=1S/C15H18O3/c1-17-15(9-2-10-15)14(16)11-3-5-12(6-4-11)18-13-7-8-13/h3-6,13H,2,7-10H2,1H3. The number of hydrogen-bond donors (Lipinski definition) is 0. The van der Waals surface area contributed by atoms with Crippen molar-refractivity contribution >= 4 is 5.78 Å². The Morgan fingerprint density at radius 3 is 2.33 bits per heavy atom. The van der Waals surface area contributed by atoms with E-state index in [0.29, 0.717) is 6.10 Å². The van der Waals surface area contributed by atoms with Gasteiger partial charge in [-0.1, -0.05) is 0 Å². The van der Waals surface area contributed by atoms with Crippen LogP contribution < -0.4 is 4.74 Å². The Hall–Kier alpha value is -1.35. The van der Waals surface area contributed by atoms with Gasteiger partial charge in [0.2, 0.25) is 0 Å². The van der Waals surface area contributed by atoms with Crippen molar-refractivity contribution in [2.75, 3.05) is 7.11 Å². The van der Waals surface area contributed by atoms with Gasteiger partial charge in [-0.05, 0) is 56.4 Å². The Labute approximate surface area is 107 Å². The summed E-state index contributed by atoms with van der Waals surface area (Å²) in [5.41, 5.74) is 0.165. The number of hydrogen-bond acceptors (Lipinski definition) is 3. The summed E-state index contributed by atoms with van der Waals surface area (Å²) in [7, 11) is 1.63. The van der Waals surface area contributed by atoms with Gasteiger partial charge in [-0.15, -0.1) is 0 Å². The Morgan fingerprint density at radius 2 is 1.89 bits per heavy atom. The third-order valence-corrected chi connectivity index (χ3v) is 3.91. The summed E-state index contributed by atoms with van der Waals surface area (Å²) in [6.07, 6.45) is 5.43. The predicted octanol–water partition coefficient (Wildman–Crippen LogP) is 2.98. The van der Waals surface area contributed by atoms with Crippen molar-refractivity contribution in [2.24, 2.45) is 0 Å². The molecule has 3 heteroatoms. The molecule has 0 aliphatic heterocycles. The van der Waals surface area contributed by atoms with E-state index >= 15 is 0 Å². The molecule has 0 saturated heterocycles. The van der Waals surface area contributed by atoms with Gasteiger partial charge in [0.15, 0.2) is 5.78 Å². The number of ketones is 1. The lowest BCUT2D eigenvalue weighted by Crippen LogP contribution is -2.47. The molecule has 3 rings (SSSR count). The fourth-order valence-electron chi connectivity index (χ4n) is 2.35. The Bertz CT molecular complexity index is 436. The van der Waals surface area contributed by atoms with Crippen LogP contribution in [-0.2, 0) is 4.74 Å². The van der Waals surface area contributed by atoms with Crippen LogP contribution in [0, 0.1) is 0 Å². The van der Waals surface area contributed by atoms with Crippen LogP contribution in [0.15, 0.2) is 24.3 Å². The molecular weight excluding hydrogens is 228 g/mol. The molecule has 0 heterocycles. The third-order valence-electron chi connectivity index (χ3n) is 3.91. The first-order valence-corrected chi connectivity index (χ1v) is 6.60. The van der Waals surface area contributed by atoms with Crippen molar-refractivity contribution < 1.29 is 14.3 Å². The van der Waals surface area contributed by atoms with E-state index in [1.54, 1.807) is 7.11 Å². The van der Waals surface area contributed by atoms with Crippen molar-refractivity contribution in [3.05, 3.63) is 29.8 Å². The molecule has 18 heavy (non-hydrogen) atoms. The number of ether oxygens (including phenoxy) is 2. The van der Waals surface area contributed by atoms with Crippen LogP contribution in [-0.4, -0.2) is 24.6 Å². The number of methoxy groups -OCH3 is 1. The average molecular weight is 246 g/mol. The molecule has 96 valence electrons. The van der Waals surface area contributed by atoms with Crippen LogP contribution in [0.3, 0.4) is 0 Å². The zero-order chi connectivity index (χ0) is 12.6. The summed E-state index contributed by atoms with van der Waals surface area (Å²) in [5.74, 6) is 0.961. The maximum Gasteiger partial charge on any atom is 0.194 e. The number of Topliss-reactive ketones (excluding diaryl/α,β-unsaturated/α-hetero) is 1. The Balaban J connectivity index is 1.73. The molecule has 2 fully saturated rings. The van der Waals surface area contributed by atoms with E-state index in [9.17, 15) is 4.79 Å². The minimum atomic E-state index is -0.557. The summed E-state index contributed by atoms with van der Waals surface area (Å²) in [4.78, 5) is 12.4. The highest BCUT2D eigenvalue weighted by Gasteiger charge is 2.44. The Kier molecular flexibility index (Phi) is 2.86.